The Morgan fingerprint density at radius 1 is 1.20 bits per heavy atom. The van der Waals surface area contributed by atoms with Crippen molar-refractivity contribution in [2.75, 3.05) is 11.9 Å². The summed E-state index contributed by atoms with van der Waals surface area (Å²) in [5, 5.41) is 12.5. The van der Waals surface area contributed by atoms with Crippen molar-refractivity contribution in [2.45, 2.75) is 26.2 Å². The molecule has 1 heterocycles. The van der Waals surface area contributed by atoms with E-state index in [9.17, 15) is 9.59 Å². The van der Waals surface area contributed by atoms with Crippen LogP contribution in [-0.2, 0) is 22.4 Å². The third-order valence-corrected chi connectivity index (χ3v) is 5.37. The van der Waals surface area contributed by atoms with Gasteiger partial charge in [-0.3, -0.25) is 9.78 Å². The highest BCUT2D eigenvalue weighted by Gasteiger charge is 2.26. The molecule has 150 valence electrons. The number of nitriles is 1. The Bertz CT molecular complexity index is 1180. The number of benzene rings is 2. The van der Waals surface area contributed by atoms with Gasteiger partial charge in [-0.2, -0.15) is 5.26 Å². The number of nitrogens with zero attached hydrogens (tertiary/aromatic N) is 2. The van der Waals surface area contributed by atoms with Gasteiger partial charge in [0.2, 0.25) is 0 Å². The molecule has 0 bridgehead atoms. The third-order valence-electron chi connectivity index (χ3n) is 5.37. The van der Waals surface area contributed by atoms with Crippen LogP contribution in [0.25, 0.3) is 10.9 Å². The fourth-order valence-electron chi connectivity index (χ4n) is 3.87. The number of amides is 1. The first-order valence-electron chi connectivity index (χ1n) is 9.93. The number of hydrogen-bond acceptors (Lipinski definition) is 5. The van der Waals surface area contributed by atoms with Gasteiger partial charge in [-0.15, -0.1) is 0 Å². The molecule has 2 aromatic carbocycles. The number of carbonyl (C=O) groups excluding carboxylic acids is 2. The van der Waals surface area contributed by atoms with E-state index in [0.717, 1.165) is 41.4 Å². The molecule has 0 spiro atoms. The Labute approximate surface area is 174 Å². The lowest BCUT2D eigenvalue weighted by atomic mass is 9.84. The number of fused-ring (bicyclic) bond motifs is 2. The van der Waals surface area contributed by atoms with E-state index in [0.29, 0.717) is 22.7 Å². The highest BCUT2D eigenvalue weighted by molar-refractivity contribution is 6.06. The molecule has 30 heavy (non-hydrogen) atoms. The lowest BCUT2D eigenvalue weighted by Crippen LogP contribution is -2.24. The van der Waals surface area contributed by atoms with E-state index in [2.05, 4.69) is 12.2 Å². The average Bonchev–Trinajstić information content (AvgIpc) is 2.76. The quantitative estimate of drug-likeness (QED) is 0.669. The number of rotatable bonds is 4. The van der Waals surface area contributed by atoms with E-state index in [4.69, 9.17) is 15.0 Å². The second kappa shape index (κ2) is 8.34. The molecule has 0 radical (unpaired) electrons. The first-order chi connectivity index (χ1) is 14.6. The van der Waals surface area contributed by atoms with Crippen LogP contribution < -0.4 is 5.32 Å². The molecule has 0 aliphatic heterocycles. The molecule has 4 rings (SSSR count). The maximum absolute atomic E-state index is 13.0. The lowest BCUT2D eigenvalue weighted by Gasteiger charge is -2.24. The number of carbonyl (C=O) groups is 2. The van der Waals surface area contributed by atoms with Gasteiger partial charge in [0.1, 0.15) is 6.07 Å². The number of ether oxygens (including phenoxy) is 1. The Morgan fingerprint density at radius 3 is 2.80 bits per heavy atom. The van der Waals surface area contributed by atoms with E-state index in [1.165, 1.54) is 0 Å². The topological polar surface area (TPSA) is 92.1 Å². The molecular formula is C24H21N3O3. The number of hydrogen-bond donors (Lipinski definition) is 1. The highest BCUT2D eigenvalue weighted by atomic mass is 16.5. The van der Waals surface area contributed by atoms with Gasteiger partial charge in [0.25, 0.3) is 5.91 Å². The number of esters is 1. The van der Waals surface area contributed by atoms with Crippen LogP contribution in [0.3, 0.4) is 0 Å². The Hall–Kier alpha value is -3.72. The monoisotopic (exact) mass is 399 g/mol. The molecule has 1 aliphatic carbocycles. The van der Waals surface area contributed by atoms with Crippen molar-refractivity contribution in [3.63, 3.8) is 0 Å². The molecule has 1 aliphatic rings. The second-order valence-corrected chi connectivity index (χ2v) is 7.56. The number of anilines is 1. The number of nitrogens with one attached hydrogen (secondary N) is 1. The van der Waals surface area contributed by atoms with Crippen molar-refractivity contribution in [3.8, 4) is 6.07 Å². The maximum Gasteiger partial charge on any atom is 0.339 e. The van der Waals surface area contributed by atoms with Gasteiger partial charge in [0, 0.05) is 11.1 Å². The van der Waals surface area contributed by atoms with Crippen LogP contribution in [0, 0.1) is 17.2 Å². The molecule has 0 fully saturated rings. The van der Waals surface area contributed by atoms with Gasteiger partial charge >= 0.3 is 5.97 Å². The average molecular weight is 399 g/mol. The van der Waals surface area contributed by atoms with Gasteiger partial charge in [0.15, 0.2) is 6.61 Å². The molecule has 1 aromatic heterocycles. The number of pyridine rings is 1. The first kappa shape index (κ1) is 19.6. The van der Waals surface area contributed by atoms with E-state index in [-0.39, 0.29) is 0 Å². The van der Waals surface area contributed by atoms with E-state index in [1.54, 1.807) is 24.3 Å². The Balaban J connectivity index is 1.57. The predicted molar refractivity (Wildman–Crippen MR) is 113 cm³/mol. The Morgan fingerprint density at radius 2 is 1.97 bits per heavy atom. The maximum atomic E-state index is 13.0. The second-order valence-electron chi connectivity index (χ2n) is 7.56. The lowest BCUT2D eigenvalue weighted by molar-refractivity contribution is -0.119. The molecule has 3 aromatic rings. The molecular weight excluding hydrogens is 378 g/mol. The molecule has 6 nitrogen and oxygen atoms in total. The van der Waals surface area contributed by atoms with Crippen LogP contribution in [0.4, 0.5) is 5.69 Å². The van der Waals surface area contributed by atoms with Gasteiger partial charge in [-0.1, -0.05) is 37.3 Å². The first-order valence-corrected chi connectivity index (χ1v) is 9.93. The zero-order chi connectivity index (χ0) is 21.1. The van der Waals surface area contributed by atoms with Gasteiger partial charge in [-0.25, -0.2) is 4.79 Å². The summed E-state index contributed by atoms with van der Waals surface area (Å²) >= 11 is 0. The minimum absolute atomic E-state index is 0.348. The molecule has 1 N–H and O–H groups in total. The fourth-order valence-corrected chi connectivity index (χ4v) is 3.87. The van der Waals surface area contributed by atoms with Crippen molar-refractivity contribution in [3.05, 3.63) is 70.9 Å². The molecule has 6 heteroatoms. The highest BCUT2D eigenvalue weighted by Crippen LogP contribution is 2.32. The van der Waals surface area contributed by atoms with Crippen molar-refractivity contribution < 1.29 is 14.3 Å². The van der Waals surface area contributed by atoms with Gasteiger partial charge in [-0.05, 0) is 48.9 Å². The number of para-hydroxylation sites is 2. The van der Waals surface area contributed by atoms with E-state index >= 15 is 0 Å². The minimum Gasteiger partial charge on any atom is -0.452 e. The van der Waals surface area contributed by atoms with Gasteiger partial charge < -0.3 is 10.1 Å². The number of aromatic nitrogens is 1. The number of aryl methyl sites for hydroxylation is 1. The van der Waals surface area contributed by atoms with Gasteiger partial charge in [0.05, 0.1) is 22.3 Å². The van der Waals surface area contributed by atoms with Crippen molar-refractivity contribution in [2.24, 2.45) is 5.92 Å². The summed E-state index contributed by atoms with van der Waals surface area (Å²) in [6.45, 7) is 1.73. The molecule has 0 saturated heterocycles. The summed E-state index contributed by atoms with van der Waals surface area (Å²) in [5.74, 6) is -0.563. The van der Waals surface area contributed by atoms with Crippen molar-refractivity contribution in [1.29, 1.82) is 5.26 Å². The van der Waals surface area contributed by atoms with Crippen molar-refractivity contribution in [1.82, 2.24) is 4.98 Å². The van der Waals surface area contributed by atoms with E-state index in [1.807, 2.05) is 30.3 Å². The zero-order valence-electron chi connectivity index (χ0n) is 16.6. The summed E-state index contributed by atoms with van der Waals surface area (Å²) < 4.78 is 5.38. The third kappa shape index (κ3) is 3.87. The molecule has 1 atom stereocenters. The summed E-state index contributed by atoms with van der Waals surface area (Å²) in [4.78, 5) is 30.1. The largest absolute Gasteiger partial charge is 0.452 e. The minimum atomic E-state index is -0.525. The Kier molecular flexibility index (Phi) is 5.44. The SMILES string of the molecule is C[C@H]1CCc2nc3ccccc3c(C(=O)OCC(=O)Nc3ccccc3C#N)c2C1. The van der Waals surface area contributed by atoms with E-state index < -0.39 is 18.5 Å². The van der Waals surface area contributed by atoms with Crippen LogP contribution in [-0.4, -0.2) is 23.5 Å². The molecule has 1 amide bonds. The summed E-state index contributed by atoms with van der Waals surface area (Å²) in [6, 6.07) is 16.2. The fraction of sp³-hybridized carbons (Fsp3) is 0.250. The normalized spacial score (nSPS) is 15.1. The predicted octanol–water partition coefficient (Wildman–Crippen LogP) is 4.03. The van der Waals surface area contributed by atoms with Crippen molar-refractivity contribution >= 4 is 28.5 Å². The van der Waals surface area contributed by atoms with Crippen LogP contribution >= 0.6 is 0 Å². The zero-order valence-corrected chi connectivity index (χ0v) is 16.6. The van der Waals surface area contributed by atoms with Crippen LogP contribution in [0.1, 0.15) is 40.5 Å². The smallest absolute Gasteiger partial charge is 0.339 e. The summed E-state index contributed by atoms with van der Waals surface area (Å²) in [7, 11) is 0. The molecule has 0 saturated carbocycles. The molecule has 0 unspecified atom stereocenters. The van der Waals surface area contributed by atoms with Crippen LogP contribution in [0.2, 0.25) is 0 Å². The standard InChI is InChI=1S/C24H21N3O3/c1-15-10-11-21-18(12-15)23(17-7-3-5-9-20(17)26-21)24(29)30-14-22(28)27-19-8-4-2-6-16(19)13-25/h2-9,15H,10-12,14H2,1H3,(H,27,28)/t15-/m0/s1. The summed E-state index contributed by atoms with van der Waals surface area (Å²) in [6.07, 6.45) is 2.62. The van der Waals surface area contributed by atoms with Crippen LogP contribution in [0.15, 0.2) is 48.5 Å². The van der Waals surface area contributed by atoms with Crippen LogP contribution in [0.5, 0.6) is 0 Å². The summed E-state index contributed by atoms with van der Waals surface area (Å²) in [5.41, 5.74) is 3.86.